The van der Waals surface area contributed by atoms with Crippen molar-refractivity contribution < 1.29 is 9.47 Å². The quantitative estimate of drug-likeness (QED) is 0.524. The molecular weight excluding hydrogens is 364 g/mol. The van der Waals surface area contributed by atoms with Crippen molar-refractivity contribution in [3.05, 3.63) is 53.6 Å². The maximum atomic E-state index is 5.38. The largest absolute Gasteiger partial charge is 0.493 e. The van der Waals surface area contributed by atoms with E-state index < -0.39 is 0 Å². The fraction of sp³-hybridized carbons (Fsp3) is 0.435. The number of aliphatic imine (C=N–C) groups is 1. The highest BCUT2D eigenvalue weighted by molar-refractivity contribution is 5.93. The van der Waals surface area contributed by atoms with Crippen LogP contribution in [0.2, 0.25) is 0 Å². The second-order valence-electron chi connectivity index (χ2n) is 7.19. The number of anilines is 1. The fourth-order valence-corrected chi connectivity index (χ4v) is 3.48. The molecule has 0 bridgehead atoms. The first-order valence-electron chi connectivity index (χ1n) is 10.3. The number of nitrogens with one attached hydrogen (secondary N) is 2. The van der Waals surface area contributed by atoms with Gasteiger partial charge in [-0.15, -0.1) is 0 Å². The highest BCUT2D eigenvalue weighted by atomic mass is 16.5. The molecule has 0 aliphatic carbocycles. The average molecular weight is 397 g/mol. The summed E-state index contributed by atoms with van der Waals surface area (Å²) >= 11 is 0. The van der Waals surface area contributed by atoms with E-state index in [9.17, 15) is 0 Å². The molecule has 0 atom stereocenters. The van der Waals surface area contributed by atoms with Gasteiger partial charge in [0.1, 0.15) is 0 Å². The van der Waals surface area contributed by atoms with E-state index >= 15 is 0 Å². The van der Waals surface area contributed by atoms with Crippen molar-refractivity contribution in [2.45, 2.75) is 32.9 Å². The zero-order valence-corrected chi connectivity index (χ0v) is 17.7. The summed E-state index contributed by atoms with van der Waals surface area (Å²) in [7, 11) is 3.27. The van der Waals surface area contributed by atoms with Crippen LogP contribution in [0.4, 0.5) is 5.69 Å². The smallest absolute Gasteiger partial charge is 0.196 e. The van der Waals surface area contributed by atoms with Crippen LogP contribution in [0.15, 0.2) is 47.5 Å². The number of guanidine groups is 1. The predicted molar refractivity (Wildman–Crippen MR) is 119 cm³/mol. The zero-order chi connectivity index (χ0) is 20.5. The number of ether oxygens (including phenoxy) is 2. The summed E-state index contributed by atoms with van der Waals surface area (Å²) < 4.78 is 10.7. The van der Waals surface area contributed by atoms with E-state index in [-0.39, 0.29) is 0 Å². The molecule has 3 rings (SSSR count). The number of nitrogens with zero attached hydrogens (tertiary/aromatic N) is 2. The van der Waals surface area contributed by atoms with Crippen molar-refractivity contribution in [1.82, 2.24) is 10.2 Å². The third kappa shape index (κ3) is 6.12. The molecule has 2 N–H and O–H groups in total. The van der Waals surface area contributed by atoms with Crippen LogP contribution in [0.25, 0.3) is 0 Å². The highest BCUT2D eigenvalue weighted by Crippen LogP contribution is 2.29. The Bertz CT molecular complexity index is 799. The van der Waals surface area contributed by atoms with Crippen molar-refractivity contribution in [1.29, 1.82) is 0 Å². The normalized spacial score (nSPS) is 14.7. The van der Waals surface area contributed by atoms with E-state index in [4.69, 9.17) is 14.5 Å². The molecule has 0 saturated carbocycles. The van der Waals surface area contributed by atoms with E-state index in [0.717, 1.165) is 24.7 Å². The second-order valence-corrected chi connectivity index (χ2v) is 7.19. The SMILES string of the molecule is CCNC(=NCc1ccc(CN2CCCC2)cc1)Nc1ccc(OC)c(OC)c1. The summed E-state index contributed by atoms with van der Waals surface area (Å²) in [5, 5.41) is 6.62. The van der Waals surface area contributed by atoms with Crippen molar-refractivity contribution in [3.8, 4) is 11.5 Å². The van der Waals surface area contributed by atoms with Crippen LogP contribution < -0.4 is 20.1 Å². The molecule has 1 aliphatic rings. The van der Waals surface area contributed by atoms with Crippen molar-refractivity contribution >= 4 is 11.6 Å². The molecule has 2 aromatic rings. The number of hydrogen-bond donors (Lipinski definition) is 2. The lowest BCUT2D eigenvalue weighted by Crippen LogP contribution is -2.30. The minimum absolute atomic E-state index is 0.618. The van der Waals surface area contributed by atoms with Gasteiger partial charge < -0.3 is 20.1 Å². The van der Waals surface area contributed by atoms with E-state index in [1.54, 1.807) is 14.2 Å². The van der Waals surface area contributed by atoms with Crippen LogP contribution in [0.1, 0.15) is 30.9 Å². The van der Waals surface area contributed by atoms with E-state index in [2.05, 4.69) is 46.7 Å². The number of hydrogen-bond acceptors (Lipinski definition) is 4. The highest BCUT2D eigenvalue weighted by Gasteiger charge is 2.11. The maximum Gasteiger partial charge on any atom is 0.196 e. The molecule has 6 nitrogen and oxygen atoms in total. The lowest BCUT2D eigenvalue weighted by molar-refractivity contribution is 0.331. The Morgan fingerprint density at radius 3 is 2.31 bits per heavy atom. The third-order valence-electron chi connectivity index (χ3n) is 5.04. The van der Waals surface area contributed by atoms with Crippen LogP contribution in [-0.2, 0) is 13.1 Å². The number of benzene rings is 2. The lowest BCUT2D eigenvalue weighted by Gasteiger charge is -2.15. The topological polar surface area (TPSA) is 58.1 Å². The van der Waals surface area contributed by atoms with Crippen molar-refractivity contribution in [2.75, 3.05) is 39.2 Å². The summed E-state index contributed by atoms with van der Waals surface area (Å²) in [5.41, 5.74) is 3.46. The van der Waals surface area contributed by atoms with Gasteiger partial charge in [0, 0.05) is 24.8 Å². The van der Waals surface area contributed by atoms with Gasteiger partial charge in [0.15, 0.2) is 17.5 Å². The van der Waals surface area contributed by atoms with Gasteiger partial charge in [-0.05, 0) is 56.1 Å². The van der Waals surface area contributed by atoms with Crippen LogP contribution in [-0.4, -0.2) is 44.7 Å². The van der Waals surface area contributed by atoms with Gasteiger partial charge >= 0.3 is 0 Å². The number of likely N-dealkylation sites (tertiary alicyclic amines) is 1. The Balaban J connectivity index is 1.62. The first-order chi connectivity index (χ1) is 14.2. The predicted octanol–water partition coefficient (Wildman–Crippen LogP) is 3.88. The van der Waals surface area contributed by atoms with Crippen molar-refractivity contribution in [2.24, 2.45) is 4.99 Å². The molecule has 6 heteroatoms. The molecular formula is C23H32N4O2. The molecule has 156 valence electrons. The minimum atomic E-state index is 0.618. The molecule has 1 fully saturated rings. The van der Waals surface area contributed by atoms with Gasteiger partial charge in [0.05, 0.1) is 20.8 Å². The molecule has 0 amide bonds. The molecule has 0 radical (unpaired) electrons. The van der Waals surface area contributed by atoms with Gasteiger partial charge in [-0.25, -0.2) is 4.99 Å². The molecule has 0 unspecified atom stereocenters. The van der Waals surface area contributed by atoms with Gasteiger partial charge in [-0.1, -0.05) is 24.3 Å². The molecule has 0 spiro atoms. The average Bonchev–Trinajstić information content (AvgIpc) is 3.26. The van der Waals surface area contributed by atoms with Gasteiger partial charge in [0.25, 0.3) is 0 Å². The van der Waals surface area contributed by atoms with E-state index in [1.165, 1.54) is 37.1 Å². The molecule has 29 heavy (non-hydrogen) atoms. The minimum Gasteiger partial charge on any atom is -0.493 e. The number of methoxy groups -OCH3 is 2. The van der Waals surface area contributed by atoms with Gasteiger partial charge in [0.2, 0.25) is 0 Å². The van der Waals surface area contributed by atoms with E-state index in [1.807, 2.05) is 18.2 Å². The van der Waals surface area contributed by atoms with Crippen LogP contribution in [0, 0.1) is 0 Å². The monoisotopic (exact) mass is 396 g/mol. The Morgan fingerprint density at radius 1 is 0.966 bits per heavy atom. The van der Waals surface area contributed by atoms with Gasteiger partial charge in [-0.2, -0.15) is 0 Å². The van der Waals surface area contributed by atoms with Crippen LogP contribution in [0.5, 0.6) is 11.5 Å². The Hall–Kier alpha value is -2.73. The van der Waals surface area contributed by atoms with Gasteiger partial charge in [-0.3, -0.25) is 4.90 Å². The standard InChI is InChI=1S/C23H32N4O2/c1-4-24-23(26-20-11-12-21(28-2)22(15-20)29-3)25-16-18-7-9-19(10-8-18)17-27-13-5-6-14-27/h7-12,15H,4-6,13-14,16-17H2,1-3H3,(H2,24,25,26). The summed E-state index contributed by atoms with van der Waals surface area (Å²) in [4.78, 5) is 7.24. The Kier molecular flexibility index (Phi) is 7.76. The first kappa shape index (κ1) is 21.0. The fourth-order valence-electron chi connectivity index (χ4n) is 3.48. The van der Waals surface area contributed by atoms with Crippen molar-refractivity contribution in [3.63, 3.8) is 0 Å². The summed E-state index contributed by atoms with van der Waals surface area (Å²) in [6, 6.07) is 14.5. The van der Waals surface area contributed by atoms with Crippen LogP contribution >= 0.6 is 0 Å². The molecule has 0 aromatic heterocycles. The molecule has 1 heterocycles. The van der Waals surface area contributed by atoms with Crippen LogP contribution in [0.3, 0.4) is 0 Å². The maximum absolute atomic E-state index is 5.38. The van der Waals surface area contributed by atoms with E-state index in [0.29, 0.717) is 18.0 Å². The lowest BCUT2D eigenvalue weighted by atomic mass is 10.1. The summed E-state index contributed by atoms with van der Waals surface area (Å²) in [5.74, 6) is 2.12. The molecule has 1 aliphatic heterocycles. The zero-order valence-electron chi connectivity index (χ0n) is 17.7. The Labute approximate surface area is 173 Å². The summed E-state index contributed by atoms with van der Waals surface area (Å²) in [6.07, 6.45) is 2.65. The third-order valence-corrected chi connectivity index (χ3v) is 5.04. The Morgan fingerprint density at radius 2 is 1.66 bits per heavy atom. The number of rotatable bonds is 8. The second kappa shape index (κ2) is 10.7. The molecule has 1 saturated heterocycles. The summed E-state index contributed by atoms with van der Waals surface area (Å²) in [6.45, 7) is 6.95. The molecule has 2 aromatic carbocycles. The first-order valence-corrected chi connectivity index (χ1v) is 10.3.